The Labute approximate surface area is 208 Å². The summed E-state index contributed by atoms with van der Waals surface area (Å²) in [4.78, 5) is 12.3. The summed E-state index contributed by atoms with van der Waals surface area (Å²) >= 11 is 6.35. The van der Waals surface area contributed by atoms with E-state index in [1.54, 1.807) is 33.5 Å². The van der Waals surface area contributed by atoms with Gasteiger partial charge in [-0.25, -0.2) is 4.39 Å². The first-order valence-corrected chi connectivity index (χ1v) is 10.9. The molecular formula is C27H25ClFNO5. The predicted molar refractivity (Wildman–Crippen MR) is 137 cm³/mol. The molecule has 0 aliphatic rings. The van der Waals surface area contributed by atoms with Crippen molar-refractivity contribution in [3.05, 3.63) is 88.3 Å². The predicted octanol–water partition coefficient (Wildman–Crippen LogP) is 6.49. The quantitative estimate of drug-likeness (QED) is 0.196. The summed E-state index contributed by atoms with van der Waals surface area (Å²) in [5.74, 6) is 1.35. The van der Waals surface area contributed by atoms with Gasteiger partial charge >= 0.3 is 0 Å². The summed E-state index contributed by atoms with van der Waals surface area (Å²) in [5, 5.41) is 3.52. The number of anilines is 1. The summed E-state index contributed by atoms with van der Waals surface area (Å²) < 4.78 is 34.6. The van der Waals surface area contributed by atoms with Crippen LogP contribution in [0.4, 0.5) is 10.1 Å². The normalized spacial score (nSPS) is 11.0. The SMILES string of the molecule is COc1cc(N/C=C\C(=O)c2ccc(F)cc2)c(/C=C\c2cc(OC)c(OC)c(OC)c2)cc1Cl. The number of allylic oxidation sites excluding steroid dienone is 1. The van der Waals surface area contributed by atoms with Gasteiger partial charge in [0, 0.05) is 29.6 Å². The highest BCUT2D eigenvalue weighted by Crippen LogP contribution is 2.39. The minimum absolute atomic E-state index is 0.270. The summed E-state index contributed by atoms with van der Waals surface area (Å²) in [7, 11) is 6.16. The minimum atomic E-state index is -0.402. The molecule has 0 bridgehead atoms. The van der Waals surface area contributed by atoms with Gasteiger partial charge in [0.2, 0.25) is 5.75 Å². The van der Waals surface area contributed by atoms with E-state index in [1.165, 1.54) is 43.7 Å². The molecule has 35 heavy (non-hydrogen) atoms. The van der Waals surface area contributed by atoms with Crippen LogP contribution in [0.5, 0.6) is 23.0 Å². The molecule has 0 heterocycles. The molecule has 1 N–H and O–H groups in total. The number of ketones is 1. The molecule has 0 aliphatic heterocycles. The minimum Gasteiger partial charge on any atom is -0.495 e. The molecule has 8 heteroatoms. The number of halogens is 2. The number of hydrogen-bond donors (Lipinski definition) is 1. The Kier molecular flexibility index (Phi) is 8.75. The highest BCUT2D eigenvalue weighted by molar-refractivity contribution is 6.32. The number of benzene rings is 3. The van der Waals surface area contributed by atoms with Gasteiger partial charge in [-0.05, 0) is 53.6 Å². The molecule has 0 aliphatic carbocycles. The third kappa shape index (κ3) is 6.33. The van der Waals surface area contributed by atoms with E-state index in [1.807, 2.05) is 24.3 Å². The maximum Gasteiger partial charge on any atom is 0.203 e. The highest BCUT2D eigenvalue weighted by Gasteiger charge is 2.13. The van der Waals surface area contributed by atoms with Crippen LogP contribution in [0.3, 0.4) is 0 Å². The Morgan fingerprint density at radius 1 is 0.857 bits per heavy atom. The number of carbonyl (C=O) groups excluding carboxylic acids is 1. The van der Waals surface area contributed by atoms with E-state index in [2.05, 4.69) is 5.32 Å². The van der Waals surface area contributed by atoms with Gasteiger partial charge in [0.05, 0.1) is 33.5 Å². The first kappa shape index (κ1) is 25.6. The van der Waals surface area contributed by atoms with Crippen molar-refractivity contribution in [2.45, 2.75) is 0 Å². The number of hydrogen-bond acceptors (Lipinski definition) is 6. The first-order valence-electron chi connectivity index (χ1n) is 10.5. The van der Waals surface area contributed by atoms with Gasteiger partial charge in [-0.2, -0.15) is 0 Å². The highest BCUT2D eigenvalue weighted by atomic mass is 35.5. The van der Waals surface area contributed by atoms with Gasteiger partial charge in [-0.1, -0.05) is 23.8 Å². The van der Waals surface area contributed by atoms with Crippen LogP contribution in [0.1, 0.15) is 21.5 Å². The summed E-state index contributed by atoms with van der Waals surface area (Å²) in [6, 6.07) is 12.4. The zero-order valence-corrected chi connectivity index (χ0v) is 20.5. The van der Waals surface area contributed by atoms with E-state index < -0.39 is 5.82 Å². The van der Waals surface area contributed by atoms with Crippen molar-refractivity contribution >= 4 is 35.2 Å². The van der Waals surface area contributed by atoms with E-state index in [0.717, 1.165) is 11.1 Å². The van der Waals surface area contributed by atoms with E-state index in [9.17, 15) is 9.18 Å². The van der Waals surface area contributed by atoms with Crippen LogP contribution >= 0.6 is 11.6 Å². The van der Waals surface area contributed by atoms with Gasteiger partial charge in [0.1, 0.15) is 11.6 Å². The maximum atomic E-state index is 13.1. The Balaban J connectivity index is 1.90. The van der Waals surface area contributed by atoms with Crippen LogP contribution in [0.25, 0.3) is 12.2 Å². The zero-order valence-electron chi connectivity index (χ0n) is 19.7. The molecule has 0 atom stereocenters. The monoisotopic (exact) mass is 497 g/mol. The lowest BCUT2D eigenvalue weighted by Gasteiger charge is -2.13. The molecule has 3 rings (SSSR count). The Morgan fingerprint density at radius 3 is 2.06 bits per heavy atom. The average molecular weight is 498 g/mol. The Hall–Kier alpha value is -3.97. The largest absolute Gasteiger partial charge is 0.495 e. The first-order chi connectivity index (χ1) is 16.9. The number of ether oxygens (including phenoxy) is 4. The van der Waals surface area contributed by atoms with Crippen LogP contribution in [-0.2, 0) is 0 Å². The third-order valence-corrected chi connectivity index (χ3v) is 5.36. The molecule has 182 valence electrons. The molecule has 0 radical (unpaired) electrons. The number of nitrogens with one attached hydrogen (secondary N) is 1. The van der Waals surface area contributed by atoms with Crippen LogP contribution in [-0.4, -0.2) is 34.2 Å². The second-order valence-corrected chi connectivity index (χ2v) is 7.62. The van der Waals surface area contributed by atoms with Gasteiger partial charge in [0.15, 0.2) is 17.3 Å². The van der Waals surface area contributed by atoms with Crippen molar-refractivity contribution in [2.24, 2.45) is 0 Å². The van der Waals surface area contributed by atoms with Gasteiger partial charge in [-0.3, -0.25) is 4.79 Å². The third-order valence-electron chi connectivity index (χ3n) is 5.07. The van der Waals surface area contributed by atoms with Crippen molar-refractivity contribution in [3.63, 3.8) is 0 Å². The van der Waals surface area contributed by atoms with E-state index in [-0.39, 0.29) is 5.78 Å². The van der Waals surface area contributed by atoms with Gasteiger partial charge in [-0.15, -0.1) is 0 Å². The van der Waals surface area contributed by atoms with Crippen LogP contribution in [0.2, 0.25) is 5.02 Å². The molecule has 0 unspecified atom stereocenters. The second-order valence-electron chi connectivity index (χ2n) is 7.21. The fourth-order valence-corrected chi connectivity index (χ4v) is 3.54. The molecule has 3 aromatic rings. The average Bonchev–Trinajstić information content (AvgIpc) is 2.87. The van der Waals surface area contributed by atoms with Crippen molar-refractivity contribution < 1.29 is 28.1 Å². The van der Waals surface area contributed by atoms with Gasteiger partial charge in [0.25, 0.3) is 0 Å². The molecule has 0 spiro atoms. The Morgan fingerprint density at radius 2 is 1.49 bits per heavy atom. The lowest BCUT2D eigenvalue weighted by molar-refractivity contribution is 0.104. The summed E-state index contributed by atoms with van der Waals surface area (Å²) in [6.45, 7) is 0. The second kappa shape index (κ2) is 11.9. The topological polar surface area (TPSA) is 66.0 Å². The lowest BCUT2D eigenvalue weighted by atomic mass is 10.1. The van der Waals surface area contributed by atoms with Crippen molar-refractivity contribution in [2.75, 3.05) is 33.8 Å². The molecule has 0 saturated heterocycles. The van der Waals surface area contributed by atoms with Crippen molar-refractivity contribution in [1.82, 2.24) is 0 Å². The van der Waals surface area contributed by atoms with E-state index >= 15 is 0 Å². The number of rotatable bonds is 10. The van der Waals surface area contributed by atoms with E-state index in [0.29, 0.717) is 39.3 Å². The zero-order chi connectivity index (χ0) is 25.4. The molecular weight excluding hydrogens is 473 g/mol. The number of carbonyl (C=O) groups is 1. The molecule has 0 amide bonds. The fourth-order valence-electron chi connectivity index (χ4n) is 3.29. The fraction of sp³-hybridized carbons (Fsp3) is 0.148. The summed E-state index contributed by atoms with van der Waals surface area (Å²) in [6.07, 6.45) is 6.58. The molecule has 6 nitrogen and oxygen atoms in total. The summed E-state index contributed by atoms with van der Waals surface area (Å²) in [5.41, 5.74) is 2.57. The number of methoxy groups -OCH3 is 4. The smallest absolute Gasteiger partial charge is 0.203 e. The molecule has 0 fully saturated rings. The Bertz CT molecular complexity index is 1230. The van der Waals surface area contributed by atoms with Gasteiger partial charge < -0.3 is 24.3 Å². The maximum absolute atomic E-state index is 13.1. The molecule has 3 aromatic carbocycles. The molecule has 0 aromatic heterocycles. The van der Waals surface area contributed by atoms with Crippen LogP contribution in [0, 0.1) is 5.82 Å². The standard InChI is InChI=1S/C27H25ClFNO5/c1-32-24-16-22(30-12-11-23(31)18-7-9-20(29)10-8-18)19(15-21(24)28)6-5-17-13-25(33-2)27(35-4)26(14-17)34-3/h5-16,30H,1-4H3/b6-5-,12-11-. The lowest BCUT2D eigenvalue weighted by Crippen LogP contribution is -1.98. The van der Waals surface area contributed by atoms with Crippen molar-refractivity contribution in [3.8, 4) is 23.0 Å². The molecule has 0 saturated carbocycles. The van der Waals surface area contributed by atoms with Crippen LogP contribution in [0.15, 0.2) is 60.8 Å². The van der Waals surface area contributed by atoms with Crippen molar-refractivity contribution in [1.29, 1.82) is 0 Å². The van der Waals surface area contributed by atoms with Crippen LogP contribution < -0.4 is 24.3 Å². The van der Waals surface area contributed by atoms with E-state index in [4.69, 9.17) is 30.5 Å².